The Morgan fingerprint density at radius 2 is 2.23 bits per heavy atom. The van der Waals surface area contributed by atoms with E-state index in [9.17, 15) is 13.2 Å². The van der Waals surface area contributed by atoms with Gasteiger partial charge in [-0.05, 0) is 18.4 Å². The molecule has 2 unspecified atom stereocenters. The Labute approximate surface area is 76.4 Å². The highest BCUT2D eigenvalue weighted by Gasteiger charge is 2.32. The van der Waals surface area contributed by atoms with Gasteiger partial charge in [0.15, 0.2) is 0 Å². The van der Waals surface area contributed by atoms with Crippen LogP contribution in [-0.2, 0) is 14.9 Å². The van der Waals surface area contributed by atoms with Gasteiger partial charge in [0.1, 0.15) is 11.5 Å². The van der Waals surface area contributed by atoms with Crippen LogP contribution in [0.3, 0.4) is 0 Å². The molecule has 0 radical (unpaired) electrons. The number of carbonyl (C=O) groups is 1. The van der Waals surface area contributed by atoms with Crippen LogP contribution in [0.5, 0.6) is 0 Å². The van der Waals surface area contributed by atoms with Crippen LogP contribution in [-0.4, -0.2) is 30.5 Å². The number of carbonyl (C=O) groups excluding carboxylic acids is 1. The number of nitrogens with two attached hydrogens (primary N) is 1. The first-order valence-electron chi connectivity index (χ1n) is 3.81. The van der Waals surface area contributed by atoms with E-state index in [1.165, 1.54) is 0 Å². The van der Waals surface area contributed by atoms with Gasteiger partial charge in [-0.2, -0.15) is 8.42 Å². The van der Waals surface area contributed by atoms with Crippen LogP contribution in [0.2, 0.25) is 0 Å². The van der Waals surface area contributed by atoms with Gasteiger partial charge >= 0.3 is 0 Å². The Bertz CT molecular complexity index is 332. The average Bonchev–Trinajstić information content (AvgIpc) is 2.03. The van der Waals surface area contributed by atoms with Crippen LogP contribution in [0.1, 0.15) is 12.8 Å². The van der Waals surface area contributed by atoms with Crippen molar-refractivity contribution in [1.82, 2.24) is 0 Å². The van der Waals surface area contributed by atoms with E-state index in [4.69, 9.17) is 10.3 Å². The zero-order chi connectivity index (χ0) is 10.1. The summed E-state index contributed by atoms with van der Waals surface area (Å²) < 4.78 is 30.4. The fourth-order valence-corrected chi connectivity index (χ4v) is 2.28. The molecule has 0 amide bonds. The second-order valence-corrected chi connectivity index (χ2v) is 4.69. The maximum absolute atomic E-state index is 10.8. The lowest BCUT2D eigenvalue weighted by Crippen LogP contribution is -2.42. The summed E-state index contributed by atoms with van der Waals surface area (Å²) in [5.74, 6) is 0. The molecule has 0 saturated carbocycles. The highest BCUT2D eigenvalue weighted by Crippen LogP contribution is 2.21. The van der Waals surface area contributed by atoms with E-state index in [2.05, 4.69) is 0 Å². The van der Waals surface area contributed by atoms with Crippen LogP contribution in [0, 0.1) is 0 Å². The van der Waals surface area contributed by atoms with Gasteiger partial charge < -0.3 is 5.73 Å². The largest absolute Gasteiger partial charge is 0.326 e. The molecule has 0 saturated heterocycles. The van der Waals surface area contributed by atoms with Gasteiger partial charge in [0, 0.05) is 6.04 Å². The fourth-order valence-electron chi connectivity index (χ4n) is 1.33. The van der Waals surface area contributed by atoms with Crippen molar-refractivity contribution in [2.75, 3.05) is 0 Å². The van der Waals surface area contributed by atoms with Gasteiger partial charge in [-0.25, -0.2) is 0 Å². The molecule has 13 heavy (non-hydrogen) atoms. The van der Waals surface area contributed by atoms with Crippen LogP contribution >= 0.6 is 0 Å². The van der Waals surface area contributed by atoms with E-state index in [-0.39, 0.29) is 6.42 Å². The Morgan fingerprint density at radius 3 is 2.69 bits per heavy atom. The van der Waals surface area contributed by atoms with Crippen molar-refractivity contribution in [2.24, 2.45) is 5.73 Å². The van der Waals surface area contributed by atoms with Crippen molar-refractivity contribution in [1.29, 1.82) is 0 Å². The SMILES string of the molecule is NC1CC=C(C=O)CC1S(=O)(=O)O. The van der Waals surface area contributed by atoms with Crippen molar-refractivity contribution >= 4 is 16.4 Å². The summed E-state index contributed by atoms with van der Waals surface area (Å²) in [7, 11) is -4.14. The molecule has 0 heterocycles. The molecule has 0 aromatic heterocycles. The monoisotopic (exact) mass is 205 g/mol. The van der Waals surface area contributed by atoms with Gasteiger partial charge in [-0.1, -0.05) is 6.08 Å². The van der Waals surface area contributed by atoms with E-state index in [0.717, 1.165) is 0 Å². The summed E-state index contributed by atoms with van der Waals surface area (Å²) in [4.78, 5) is 10.4. The minimum absolute atomic E-state index is 0.00347. The molecular weight excluding hydrogens is 194 g/mol. The predicted molar refractivity (Wildman–Crippen MR) is 46.7 cm³/mol. The summed E-state index contributed by atoms with van der Waals surface area (Å²) in [5.41, 5.74) is 5.86. The number of allylic oxidation sites excluding steroid dienone is 1. The summed E-state index contributed by atoms with van der Waals surface area (Å²) in [5, 5.41) is -1.04. The molecule has 0 aliphatic heterocycles. The molecular formula is C7H11NO4S. The molecule has 0 spiro atoms. The Kier molecular flexibility index (Phi) is 2.84. The minimum atomic E-state index is -4.14. The average molecular weight is 205 g/mol. The molecule has 0 bridgehead atoms. The van der Waals surface area contributed by atoms with Gasteiger partial charge in [0.2, 0.25) is 0 Å². The quantitative estimate of drug-likeness (QED) is 0.467. The first-order chi connectivity index (χ1) is 5.95. The highest BCUT2D eigenvalue weighted by atomic mass is 32.2. The number of hydrogen-bond acceptors (Lipinski definition) is 4. The van der Waals surface area contributed by atoms with Crippen molar-refractivity contribution in [3.8, 4) is 0 Å². The van der Waals surface area contributed by atoms with Gasteiger partial charge in [-0.3, -0.25) is 9.35 Å². The molecule has 1 rings (SSSR count). The molecule has 2 atom stereocenters. The highest BCUT2D eigenvalue weighted by molar-refractivity contribution is 7.86. The standard InChI is InChI=1S/C7H11NO4S/c8-6-2-1-5(4-9)3-7(6)13(10,11)12/h1,4,6-7H,2-3,8H2,(H,10,11,12). The Hall–Kier alpha value is -0.720. The zero-order valence-corrected chi connectivity index (χ0v) is 7.70. The lowest BCUT2D eigenvalue weighted by molar-refractivity contribution is -0.105. The molecule has 3 N–H and O–H groups in total. The third-order valence-corrected chi connectivity index (χ3v) is 3.38. The normalized spacial score (nSPS) is 29.5. The number of aldehydes is 1. The smallest absolute Gasteiger partial charge is 0.269 e. The number of rotatable bonds is 2. The Balaban J connectivity index is 2.90. The van der Waals surface area contributed by atoms with Gasteiger partial charge in [0.25, 0.3) is 10.1 Å². The van der Waals surface area contributed by atoms with Crippen molar-refractivity contribution in [3.05, 3.63) is 11.6 Å². The van der Waals surface area contributed by atoms with E-state index in [1.54, 1.807) is 6.08 Å². The van der Waals surface area contributed by atoms with Crippen LogP contribution < -0.4 is 5.73 Å². The van der Waals surface area contributed by atoms with Crippen LogP contribution in [0.15, 0.2) is 11.6 Å². The summed E-state index contributed by atoms with van der Waals surface area (Å²) in [6.07, 6.45) is 2.49. The first kappa shape index (κ1) is 10.4. The Morgan fingerprint density at radius 1 is 1.62 bits per heavy atom. The molecule has 1 aliphatic rings. The minimum Gasteiger partial charge on any atom is -0.326 e. The molecule has 0 fully saturated rings. The molecule has 5 nitrogen and oxygen atoms in total. The lowest BCUT2D eigenvalue weighted by Gasteiger charge is -2.24. The third kappa shape index (κ3) is 2.36. The zero-order valence-electron chi connectivity index (χ0n) is 6.88. The second-order valence-electron chi connectivity index (χ2n) is 3.05. The summed E-state index contributed by atoms with van der Waals surface area (Å²) in [6.45, 7) is 0. The fraction of sp³-hybridized carbons (Fsp3) is 0.571. The molecule has 74 valence electrons. The molecule has 1 aliphatic carbocycles. The second kappa shape index (κ2) is 3.57. The topological polar surface area (TPSA) is 97.5 Å². The maximum Gasteiger partial charge on any atom is 0.269 e. The summed E-state index contributed by atoms with van der Waals surface area (Å²) in [6, 6.07) is -0.626. The molecule has 0 aromatic rings. The lowest BCUT2D eigenvalue weighted by atomic mass is 9.96. The summed E-state index contributed by atoms with van der Waals surface area (Å²) >= 11 is 0. The first-order valence-corrected chi connectivity index (χ1v) is 5.31. The van der Waals surface area contributed by atoms with E-state index in [1.807, 2.05) is 0 Å². The van der Waals surface area contributed by atoms with Crippen molar-refractivity contribution in [2.45, 2.75) is 24.1 Å². The number of hydrogen-bond donors (Lipinski definition) is 2. The predicted octanol–water partition coefficient (Wildman–Crippen LogP) is -0.511. The third-order valence-electron chi connectivity index (χ3n) is 2.10. The van der Waals surface area contributed by atoms with Crippen LogP contribution in [0.25, 0.3) is 0 Å². The van der Waals surface area contributed by atoms with Gasteiger partial charge in [-0.15, -0.1) is 0 Å². The molecule has 0 aromatic carbocycles. The van der Waals surface area contributed by atoms with E-state index in [0.29, 0.717) is 18.3 Å². The van der Waals surface area contributed by atoms with Gasteiger partial charge in [0.05, 0.1) is 0 Å². The van der Waals surface area contributed by atoms with E-state index < -0.39 is 21.4 Å². The maximum atomic E-state index is 10.8. The van der Waals surface area contributed by atoms with Crippen molar-refractivity contribution < 1.29 is 17.8 Å². The van der Waals surface area contributed by atoms with E-state index >= 15 is 0 Å². The molecule has 6 heteroatoms. The van der Waals surface area contributed by atoms with Crippen molar-refractivity contribution in [3.63, 3.8) is 0 Å². The van der Waals surface area contributed by atoms with Crippen LogP contribution in [0.4, 0.5) is 0 Å².